The van der Waals surface area contributed by atoms with E-state index < -0.39 is 0 Å². The fourth-order valence-electron chi connectivity index (χ4n) is 1.42. The van der Waals surface area contributed by atoms with Gasteiger partial charge in [-0.1, -0.05) is 0 Å². The Bertz CT molecular complexity index is 382. The van der Waals surface area contributed by atoms with Gasteiger partial charge in [-0.25, -0.2) is 0 Å². The zero-order valence-corrected chi connectivity index (χ0v) is 13.8. The van der Waals surface area contributed by atoms with E-state index in [0.717, 1.165) is 32.7 Å². The molecule has 0 N–H and O–H groups in total. The molecule has 17 heavy (non-hydrogen) atoms. The van der Waals surface area contributed by atoms with E-state index in [1.807, 2.05) is 18.0 Å². The summed E-state index contributed by atoms with van der Waals surface area (Å²) < 4.78 is 6.84. The average molecular weight is 385 g/mol. The molecule has 0 bridgehead atoms. The van der Waals surface area contributed by atoms with Crippen LogP contribution in [0.5, 0.6) is 0 Å². The number of thiophene rings is 1. The van der Waals surface area contributed by atoms with Gasteiger partial charge in [0.05, 0.1) is 14.1 Å². The molecule has 0 aliphatic carbocycles. The number of likely N-dealkylation sites (N-methyl/N-ethyl adjacent to an activating group) is 1. The maximum atomic E-state index is 12.0. The lowest BCUT2D eigenvalue weighted by Gasteiger charge is -2.14. The van der Waals surface area contributed by atoms with Crippen molar-refractivity contribution >= 4 is 49.0 Å². The molecule has 0 radical (unpaired) electrons. The fourth-order valence-corrected chi connectivity index (χ4v) is 4.27. The van der Waals surface area contributed by atoms with Crippen LogP contribution in [-0.4, -0.2) is 44.5 Å². The Morgan fingerprint density at radius 1 is 1.53 bits per heavy atom. The third-order valence-electron chi connectivity index (χ3n) is 2.26. The molecule has 1 aromatic heterocycles. The van der Waals surface area contributed by atoms with Gasteiger partial charge in [-0.05, 0) is 51.4 Å². The van der Waals surface area contributed by atoms with Gasteiger partial charge in [-0.3, -0.25) is 9.69 Å². The topological polar surface area (TPSA) is 29.5 Å². The highest BCUT2D eigenvalue weighted by atomic mass is 79.9. The predicted molar refractivity (Wildman–Crippen MR) is 78.0 cm³/mol. The Morgan fingerprint density at radius 2 is 2.24 bits per heavy atom. The third-order valence-corrected chi connectivity index (χ3v) is 4.60. The summed E-state index contributed by atoms with van der Waals surface area (Å²) in [5.74, 6) is 0.138. The number of methoxy groups -OCH3 is 1. The minimum atomic E-state index is 0.138. The molecule has 6 heteroatoms. The molecule has 0 fully saturated rings. The van der Waals surface area contributed by atoms with E-state index >= 15 is 0 Å². The number of Topliss-reactive ketones (excluding diaryl/α,β-unsaturated/α-hetero) is 1. The van der Waals surface area contributed by atoms with Crippen LogP contribution in [0.2, 0.25) is 0 Å². The normalized spacial score (nSPS) is 11.1. The maximum Gasteiger partial charge on any atom is 0.178 e. The van der Waals surface area contributed by atoms with Gasteiger partial charge in [-0.2, -0.15) is 0 Å². The number of carbonyl (C=O) groups excluding carboxylic acids is 1. The highest BCUT2D eigenvalue weighted by Gasteiger charge is 2.15. The number of carbonyl (C=O) groups is 1. The molecule has 0 aromatic carbocycles. The summed E-state index contributed by atoms with van der Waals surface area (Å²) in [5, 5.41) is 0. The van der Waals surface area contributed by atoms with E-state index in [1.165, 1.54) is 11.3 Å². The quantitative estimate of drug-likeness (QED) is 0.532. The number of hydrogen-bond acceptors (Lipinski definition) is 4. The molecule has 96 valence electrons. The standard InChI is InChI=1S/C11H15Br2NO2S/c1-14(4-3-5-16-2)7-9(15)8-6-10(12)17-11(8)13/h6H,3-5,7H2,1-2H3. The van der Waals surface area contributed by atoms with Crippen molar-refractivity contribution in [2.24, 2.45) is 0 Å². The van der Waals surface area contributed by atoms with Gasteiger partial charge in [0.15, 0.2) is 5.78 Å². The first-order valence-electron chi connectivity index (χ1n) is 5.20. The molecule has 0 saturated heterocycles. The lowest BCUT2D eigenvalue weighted by atomic mass is 10.2. The molecule has 1 rings (SSSR count). The number of nitrogens with zero attached hydrogens (tertiary/aromatic N) is 1. The molecule has 3 nitrogen and oxygen atoms in total. The van der Waals surface area contributed by atoms with Gasteiger partial charge in [0, 0.05) is 25.8 Å². The van der Waals surface area contributed by atoms with Crippen molar-refractivity contribution in [2.45, 2.75) is 6.42 Å². The summed E-state index contributed by atoms with van der Waals surface area (Å²) >= 11 is 8.30. The van der Waals surface area contributed by atoms with E-state index in [0.29, 0.717) is 6.54 Å². The van der Waals surface area contributed by atoms with Gasteiger partial charge in [0.2, 0.25) is 0 Å². The van der Waals surface area contributed by atoms with Gasteiger partial charge in [0.1, 0.15) is 0 Å². The fraction of sp³-hybridized carbons (Fsp3) is 0.545. The SMILES string of the molecule is COCCCN(C)CC(=O)c1cc(Br)sc1Br. The summed E-state index contributed by atoms with van der Waals surface area (Å²) in [6.07, 6.45) is 0.939. The minimum absolute atomic E-state index is 0.138. The van der Waals surface area contributed by atoms with Crippen LogP contribution in [0.15, 0.2) is 13.6 Å². The number of halogens is 2. The Morgan fingerprint density at radius 3 is 2.76 bits per heavy atom. The first-order valence-corrected chi connectivity index (χ1v) is 7.60. The largest absolute Gasteiger partial charge is 0.385 e. The Kier molecular flexibility index (Phi) is 6.87. The van der Waals surface area contributed by atoms with Crippen molar-refractivity contribution < 1.29 is 9.53 Å². The predicted octanol–water partition coefficient (Wildman–Crippen LogP) is 3.42. The van der Waals surface area contributed by atoms with E-state index in [-0.39, 0.29) is 5.78 Å². The second kappa shape index (κ2) is 7.63. The van der Waals surface area contributed by atoms with Gasteiger partial charge in [-0.15, -0.1) is 11.3 Å². The monoisotopic (exact) mass is 383 g/mol. The molecule has 0 amide bonds. The lowest BCUT2D eigenvalue weighted by molar-refractivity contribution is 0.0938. The molecule has 1 heterocycles. The number of ketones is 1. The molecule has 0 spiro atoms. The smallest absolute Gasteiger partial charge is 0.178 e. The molecule has 1 aromatic rings. The van der Waals surface area contributed by atoms with Crippen LogP contribution >= 0.6 is 43.2 Å². The molecule has 0 aliphatic rings. The highest BCUT2D eigenvalue weighted by Crippen LogP contribution is 2.32. The van der Waals surface area contributed by atoms with Crippen LogP contribution < -0.4 is 0 Å². The maximum absolute atomic E-state index is 12.0. The Hall–Kier alpha value is 0.250. The average Bonchev–Trinajstić information content (AvgIpc) is 2.58. The zero-order chi connectivity index (χ0) is 12.8. The summed E-state index contributed by atoms with van der Waals surface area (Å²) in [4.78, 5) is 14.0. The van der Waals surface area contributed by atoms with Crippen molar-refractivity contribution in [3.8, 4) is 0 Å². The van der Waals surface area contributed by atoms with Crippen molar-refractivity contribution in [3.05, 3.63) is 19.2 Å². The van der Waals surface area contributed by atoms with Crippen molar-refractivity contribution in [3.63, 3.8) is 0 Å². The van der Waals surface area contributed by atoms with Crippen LogP contribution in [0.4, 0.5) is 0 Å². The second-order valence-electron chi connectivity index (χ2n) is 3.75. The van der Waals surface area contributed by atoms with Crippen LogP contribution in [0.25, 0.3) is 0 Å². The Labute approximate surface area is 122 Å². The summed E-state index contributed by atoms with van der Waals surface area (Å²) in [7, 11) is 3.63. The number of ether oxygens (including phenoxy) is 1. The second-order valence-corrected chi connectivity index (χ2v) is 7.49. The Balaban J connectivity index is 2.46. The zero-order valence-electron chi connectivity index (χ0n) is 9.83. The van der Waals surface area contributed by atoms with Crippen LogP contribution in [0, 0.1) is 0 Å². The van der Waals surface area contributed by atoms with Crippen molar-refractivity contribution in [1.29, 1.82) is 0 Å². The van der Waals surface area contributed by atoms with Gasteiger partial charge >= 0.3 is 0 Å². The summed E-state index contributed by atoms with van der Waals surface area (Å²) in [6, 6.07) is 1.86. The molecule has 0 unspecified atom stereocenters. The van der Waals surface area contributed by atoms with Crippen molar-refractivity contribution in [1.82, 2.24) is 4.90 Å². The first kappa shape index (κ1) is 15.3. The van der Waals surface area contributed by atoms with Gasteiger partial charge in [0.25, 0.3) is 0 Å². The molecule has 0 atom stereocenters. The molecule has 0 aliphatic heterocycles. The van der Waals surface area contributed by atoms with Gasteiger partial charge < -0.3 is 4.74 Å². The van der Waals surface area contributed by atoms with E-state index in [9.17, 15) is 4.79 Å². The summed E-state index contributed by atoms with van der Waals surface area (Å²) in [5.41, 5.74) is 0.750. The number of hydrogen-bond donors (Lipinski definition) is 0. The van der Waals surface area contributed by atoms with Crippen LogP contribution in [0.3, 0.4) is 0 Å². The molecular weight excluding hydrogens is 370 g/mol. The van der Waals surface area contributed by atoms with E-state index in [2.05, 4.69) is 31.9 Å². The third kappa shape index (κ3) is 5.18. The first-order chi connectivity index (χ1) is 8.04. The van der Waals surface area contributed by atoms with Crippen molar-refractivity contribution in [2.75, 3.05) is 33.9 Å². The molecular formula is C11H15Br2NO2S. The number of rotatable bonds is 7. The van der Waals surface area contributed by atoms with Crippen LogP contribution in [0.1, 0.15) is 16.8 Å². The lowest BCUT2D eigenvalue weighted by Crippen LogP contribution is -2.27. The van der Waals surface area contributed by atoms with Crippen LogP contribution in [-0.2, 0) is 4.74 Å². The summed E-state index contributed by atoms with van der Waals surface area (Å²) in [6.45, 7) is 2.03. The van der Waals surface area contributed by atoms with E-state index in [4.69, 9.17) is 4.74 Å². The highest BCUT2D eigenvalue weighted by molar-refractivity contribution is 9.12. The molecule has 0 saturated carbocycles. The minimum Gasteiger partial charge on any atom is -0.385 e. The van der Waals surface area contributed by atoms with E-state index in [1.54, 1.807) is 7.11 Å².